The second-order valence-electron chi connectivity index (χ2n) is 10.4. The molecule has 2 amide bonds. The largest absolute Gasteiger partial charge is 0.493 e. The number of benzene rings is 2. The lowest BCUT2D eigenvalue weighted by Crippen LogP contribution is -2.57. The number of carbonyl (C=O) groups is 2. The molecule has 1 aliphatic heterocycles. The van der Waals surface area contributed by atoms with E-state index in [9.17, 15) is 9.59 Å². The quantitative estimate of drug-likeness (QED) is 0.377. The Bertz CT molecular complexity index is 1290. The third-order valence-corrected chi connectivity index (χ3v) is 6.22. The summed E-state index contributed by atoms with van der Waals surface area (Å²) in [6.07, 6.45) is -0.395. The first-order valence-corrected chi connectivity index (χ1v) is 13.2. The van der Waals surface area contributed by atoms with Crippen molar-refractivity contribution >= 4 is 12.2 Å². The van der Waals surface area contributed by atoms with Gasteiger partial charge in [-0.3, -0.25) is 0 Å². The Kier molecular flexibility index (Phi) is 9.13. The zero-order chi connectivity index (χ0) is 28.7. The van der Waals surface area contributed by atoms with Crippen LogP contribution >= 0.6 is 0 Å². The minimum Gasteiger partial charge on any atom is -0.493 e. The lowest BCUT2D eigenvalue weighted by atomic mass is 10.1. The number of nitrogens with zero attached hydrogens (tertiary/aromatic N) is 4. The molecular formula is C29H36N4O7. The minimum atomic E-state index is -0.643. The Balaban J connectivity index is 1.41. The SMILES string of the molecule is COc1cc(-c2nnc(C)o2)ccc1OCC[C@@H]1CN(C(=O)OCc2ccccc2)CCN1C(=O)OC(C)(C)C. The van der Waals surface area contributed by atoms with E-state index in [1.54, 1.807) is 36.0 Å². The topological polar surface area (TPSA) is 116 Å². The number of rotatable bonds is 8. The van der Waals surface area contributed by atoms with Crippen molar-refractivity contribution < 1.29 is 33.0 Å². The number of ether oxygens (including phenoxy) is 4. The average Bonchev–Trinajstić information content (AvgIpc) is 3.37. The maximum absolute atomic E-state index is 13.0. The van der Waals surface area contributed by atoms with Gasteiger partial charge in [0.15, 0.2) is 11.5 Å². The fourth-order valence-corrected chi connectivity index (χ4v) is 4.28. The summed E-state index contributed by atoms with van der Waals surface area (Å²) >= 11 is 0. The van der Waals surface area contributed by atoms with Crippen LogP contribution in [-0.4, -0.2) is 77.2 Å². The molecule has 0 saturated carbocycles. The number of methoxy groups -OCH3 is 1. The lowest BCUT2D eigenvalue weighted by molar-refractivity contribution is -0.00618. The Morgan fingerprint density at radius 3 is 2.48 bits per heavy atom. The lowest BCUT2D eigenvalue weighted by Gasteiger charge is -2.41. The fourth-order valence-electron chi connectivity index (χ4n) is 4.28. The zero-order valence-corrected chi connectivity index (χ0v) is 23.6. The second kappa shape index (κ2) is 12.7. The van der Waals surface area contributed by atoms with Crippen LogP contribution in [-0.2, 0) is 16.1 Å². The molecule has 0 N–H and O–H groups in total. The predicted octanol–water partition coefficient (Wildman–Crippen LogP) is 5.08. The van der Waals surface area contributed by atoms with Gasteiger partial charge in [0.2, 0.25) is 11.8 Å². The number of piperazine rings is 1. The molecule has 1 aliphatic rings. The predicted molar refractivity (Wildman–Crippen MR) is 146 cm³/mol. The summed E-state index contributed by atoms with van der Waals surface area (Å²) in [5.41, 5.74) is 0.968. The first-order valence-electron chi connectivity index (χ1n) is 13.2. The van der Waals surface area contributed by atoms with E-state index >= 15 is 0 Å². The van der Waals surface area contributed by atoms with Crippen LogP contribution in [0.4, 0.5) is 9.59 Å². The first-order chi connectivity index (χ1) is 19.1. The maximum atomic E-state index is 13.0. The molecule has 1 atom stereocenters. The van der Waals surface area contributed by atoms with Gasteiger partial charge in [-0.05, 0) is 44.5 Å². The molecule has 11 nitrogen and oxygen atoms in total. The Morgan fingerprint density at radius 1 is 1.02 bits per heavy atom. The molecule has 3 aromatic rings. The number of aryl methyl sites for hydroxylation is 1. The van der Waals surface area contributed by atoms with Crippen LogP contribution < -0.4 is 9.47 Å². The Morgan fingerprint density at radius 2 is 1.80 bits per heavy atom. The van der Waals surface area contributed by atoms with Crippen LogP contribution in [0.1, 0.15) is 38.6 Å². The maximum Gasteiger partial charge on any atom is 0.410 e. The summed E-state index contributed by atoms with van der Waals surface area (Å²) in [5.74, 6) is 1.89. The molecular weight excluding hydrogens is 516 g/mol. The van der Waals surface area contributed by atoms with Crippen LogP contribution in [0.2, 0.25) is 0 Å². The zero-order valence-electron chi connectivity index (χ0n) is 23.6. The third-order valence-electron chi connectivity index (χ3n) is 6.22. The molecule has 0 aliphatic carbocycles. The molecule has 214 valence electrons. The van der Waals surface area contributed by atoms with E-state index in [0.717, 1.165) is 5.56 Å². The molecule has 0 spiro atoms. The molecule has 1 fully saturated rings. The van der Waals surface area contributed by atoms with Gasteiger partial charge in [-0.2, -0.15) is 0 Å². The smallest absolute Gasteiger partial charge is 0.410 e. The highest BCUT2D eigenvalue weighted by Crippen LogP contribution is 2.32. The van der Waals surface area contributed by atoms with Gasteiger partial charge in [0.1, 0.15) is 12.2 Å². The molecule has 2 heterocycles. The Hall–Kier alpha value is -4.28. The number of hydrogen-bond acceptors (Lipinski definition) is 9. The van der Waals surface area contributed by atoms with Gasteiger partial charge < -0.3 is 33.2 Å². The normalized spacial score (nSPS) is 15.5. The molecule has 0 unspecified atom stereocenters. The van der Waals surface area contributed by atoms with E-state index in [1.807, 2.05) is 57.2 Å². The standard InChI is InChI=1S/C29H36N4O7/c1-20-30-31-26(39-20)22-11-12-24(25(17-22)36-5)37-16-13-23-18-32(14-15-33(23)28(35)40-29(2,3)4)27(34)38-19-21-9-7-6-8-10-21/h6-12,17,23H,13-16,18-19H2,1-5H3/t23-/m1/s1. The molecule has 2 aromatic carbocycles. The molecule has 1 saturated heterocycles. The summed E-state index contributed by atoms with van der Waals surface area (Å²) in [5, 5.41) is 7.90. The highest BCUT2D eigenvalue weighted by Gasteiger charge is 2.35. The van der Waals surface area contributed by atoms with E-state index in [0.29, 0.717) is 54.9 Å². The Labute approximate surface area is 234 Å². The van der Waals surface area contributed by atoms with Crippen molar-refractivity contribution in [3.63, 3.8) is 0 Å². The van der Waals surface area contributed by atoms with Gasteiger partial charge in [-0.15, -0.1) is 10.2 Å². The van der Waals surface area contributed by atoms with Gasteiger partial charge in [0.05, 0.1) is 19.8 Å². The number of amides is 2. The van der Waals surface area contributed by atoms with Crippen LogP contribution in [0.5, 0.6) is 11.5 Å². The van der Waals surface area contributed by atoms with E-state index < -0.39 is 17.8 Å². The van der Waals surface area contributed by atoms with Crippen molar-refractivity contribution in [2.24, 2.45) is 0 Å². The van der Waals surface area contributed by atoms with Crippen molar-refractivity contribution in [1.29, 1.82) is 0 Å². The monoisotopic (exact) mass is 552 g/mol. The van der Waals surface area contributed by atoms with Gasteiger partial charge in [0, 0.05) is 38.5 Å². The van der Waals surface area contributed by atoms with Crippen molar-refractivity contribution in [1.82, 2.24) is 20.0 Å². The average molecular weight is 553 g/mol. The highest BCUT2D eigenvalue weighted by atomic mass is 16.6. The molecule has 1 aromatic heterocycles. The van der Waals surface area contributed by atoms with Crippen LogP contribution in [0.15, 0.2) is 52.9 Å². The first kappa shape index (κ1) is 28.7. The molecule has 0 bridgehead atoms. The number of carbonyl (C=O) groups excluding carboxylic acids is 2. The van der Waals surface area contributed by atoms with Gasteiger partial charge in [-0.25, -0.2) is 9.59 Å². The van der Waals surface area contributed by atoms with Crippen molar-refractivity contribution in [3.8, 4) is 23.0 Å². The summed E-state index contributed by atoms with van der Waals surface area (Å²) in [6, 6.07) is 14.5. The highest BCUT2D eigenvalue weighted by molar-refractivity contribution is 5.71. The van der Waals surface area contributed by atoms with Gasteiger partial charge in [0.25, 0.3) is 0 Å². The molecule has 11 heteroatoms. The summed E-state index contributed by atoms with van der Waals surface area (Å²) in [4.78, 5) is 29.1. The third kappa shape index (κ3) is 7.64. The van der Waals surface area contributed by atoms with E-state index in [1.165, 1.54) is 0 Å². The van der Waals surface area contributed by atoms with E-state index in [4.69, 9.17) is 23.4 Å². The van der Waals surface area contributed by atoms with Crippen LogP contribution in [0, 0.1) is 6.92 Å². The van der Waals surface area contributed by atoms with Crippen molar-refractivity contribution in [2.45, 2.75) is 52.4 Å². The van der Waals surface area contributed by atoms with Gasteiger partial charge in [-0.1, -0.05) is 30.3 Å². The molecule has 4 rings (SSSR count). The number of hydrogen-bond donors (Lipinski definition) is 0. The van der Waals surface area contributed by atoms with E-state index in [-0.39, 0.29) is 19.3 Å². The summed E-state index contributed by atoms with van der Waals surface area (Å²) < 4.78 is 28.2. The van der Waals surface area contributed by atoms with Gasteiger partial charge >= 0.3 is 12.2 Å². The van der Waals surface area contributed by atoms with E-state index in [2.05, 4.69) is 10.2 Å². The summed E-state index contributed by atoms with van der Waals surface area (Å²) in [7, 11) is 1.55. The van der Waals surface area contributed by atoms with Crippen LogP contribution in [0.25, 0.3) is 11.5 Å². The summed E-state index contributed by atoms with van der Waals surface area (Å²) in [6.45, 7) is 8.61. The minimum absolute atomic E-state index is 0.179. The molecule has 0 radical (unpaired) electrons. The second-order valence-corrected chi connectivity index (χ2v) is 10.4. The van der Waals surface area contributed by atoms with Crippen LogP contribution in [0.3, 0.4) is 0 Å². The fraction of sp³-hybridized carbons (Fsp3) is 0.448. The molecule has 40 heavy (non-hydrogen) atoms. The van der Waals surface area contributed by atoms with Crippen molar-refractivity contribution in [2.75, 3.05) is 33.4 Å². The van der Waals surface area contributed by atoms with Crippen molar-refractivity contribution in [3.05, 3.63) is 60.0 Å². The number of aromatic nitrogens is 2.